The lowest BCUT2D eigenvalue weighted by atomic mass is 10.4. The Bertz CT molecular complexity index is 238. The standard InChI is InChI=1S/C7H13N3OS/c1-5(11-3)4-8-7-9-6(2)10-12-7/h5H,4H2,1-3H3,(H,8,9,10). The highest BCUT2D eigenvalue weighted by molar-refractivity contribution is 7.09. The molecule has 0 fully saturated rings. The van der Waals surface area contributed by atoms with Crippen molar-refractivity contribution < 1.29 is 4.74 Å². The van der Waals surface area contributed by atoms with Crippen LogP contribution >= 0.6 is 11.5 Å². The minimum absolute atomic E-state index is 0.203. The predicted octanol–water partition coefficient (Wildman–Crippen LogP) is 1.29. The number of nitrogens with one attached hydrogen (secondary N) is 1. The molecule has 0 aliphatic carbocycles. The highest BCUT2D eigenvalue weighted by atomic mass is 32.1. The van der Waals surface area contributed by atoms with Gasteiger partial charge in [0.2, 0.25) is 5.13 Å². The fourth-order valence-corrected chi connectivity index (χ4v) is 1.26. The van der Waals surface area contributed by atoms with Crippen molar-refractivity contribution in [1.82, 2.24) is 9.36 Å². The maximum absolute atomic E-state index is 5.07. The van der Waals surface area contributed by atoms with E-state index in [0.717, 1.165) is 17.5 Å². The van der Waals surface area contributed by atoms with E-state index in [2.05, 4.69) is 14.7 Å². The Hall–Kier alpha value is -0.680. The minimum atomic E-state index is 0.203. The summed E-state index contributed by atoms with van der Waals surface area (Å²) in [4.78, 5) is 4.16. The largest absolute Gasteiger partial charge is 0.380 e. The lowest BCUT2D eigenvalue weighted by Crippen LogP contribution is -2.17. The van der Waals surface area contributed by atoms with Crippen molar-refractivity contribution >= 4 is 16.7 Å². The van der Waals surface area contributed by atoms with Crippen LogP contribution in [0.1, 0.15) is 12.7 Å². The highest BCUT2D eigenvalue weighted by Crippen LogP contribution is 2.09. The van der Waals surface area contributed by atoms with Crippen LogP contribution in [0.4, 0.5) is 5.13 Å². The first kappa shape index (κ1) is 9.41. The van der Waals surface area contributed by atoms with Gasteiger partial charge in [0, 0.05) is 25.2 Å². The predicted molar refractivity (Wildman–Crippen MR) is 49.6 cm³/mol. The van der Waals surface area contributed by atoms with Gasteiger partial charge in [-0.15, -0.1) is 0 Å². The zero-order valence-corrected chi connectivity index (χ0v) is 8.31. The summed E-state index contributed by atoms with van der Waals surface area (Å²) in [6.07, 6.45) is 0.203. The van der Waals surface area contributed by atoms with Crippen LogP contribution in [0.3, 0.4) is 0 Å². The third kappa shape index (κ3) is 2.75. The molecule has 0 bridgehead atoms. The van der Waals surface area contributed by atoms with Gasteiger partial charge in [0.05, 0.1) is 6.10 Å². The van der Waals surface area contributed by atoms with Gasteiger partial charge in [-0.25, -0.2) is 4.98 Å². The number of anilines is 1. The first-order chi connectivity index (χ1) is 5.72. The van der Waals surface area contributed by atoms with Crippen LogP contribution in [0.15, 0.2) is 0 Å². The van der Waals surface area contributed by atoms with Crippen LogP contribution in [0, 0.1) is 6.92 Å². The van der Waals surface area contributed by atoms with Crippen LogP contribution in [0.25, 0.3) is 0 Å². The molecule has 0 radical (unpaired) electrons. The first-order valence-corrected chi connectivity index (χ1v) is 4.56. The van der Waals surface area contributed by atoms with E-state index in [-0.39, 0.29) is 6.10 Å². The van der Waals surface area contributed by atoms with Crippen molar-refractivity contribution in [3.8, 4) is 0 Å². The van der Waals surface area contributed by atoms with Crippen LogP contribution < -0.4 is 5.32 Å². The van der Waals surface area contributed by atoms with Crippen molar-refractivity contribution in [2.45, 2.75) is 20.0 Å². The lowest BCUT2D eigenvalue weighted by molar-refractivity contribution is 0.129. The van der Waals surface area contributed by atoms with Gasteiger partial charge in [0.1, 0.15) is 5.82 Å². The molecule has 1 heterocycles. The van der Waals surface area contributed by atoms with Crippen LogP contribution in [0.5, 0.6) is 0 Å². The summed E-state index contributed by atoms with van der Waals surface area (Å²) >= 11 is 1.37. The number of ether oxygens (including phenoxy) is 1. The third-order valence-electron chi connectivity index (χ3n) is 1.47. The number of rotatable bonds is 4. The van der Waals surface area contributed by atoms with Gasteiger partial charge in [0.25, 0.3) is 0 Å². The number of nitrogens with zero attached hydrogens (tertiary/aromatic N) is 2. The maximum atomic E-state index is 5.07. The molecule has 0 amide bonds. The Morgan fingerprint density at radius 2 is 2.42 bits per heavy atom. The molecule has 4 nitrogen and oxygen atoms in total. The summed E-state index contributed by atoms with van der Waals surface area (Å²) in [5.41, 5.74) is 0. The monoisotopic (exact) mass is 187 g/mol. The van der Waals surface area contributed by atoms with E-state index in [0.29, 0.717) is 0 Å². The van der Waals surface area contributed by atoms with Crippen molar-refractivity contribution in [3.05, 3.63) is 5.82 Å². The summed E-state index contributed by atoms with van der Waals surface area (Å²) in [5.74, 6) is 0.813. The summed E-state index contributed by atoms with van der Waals surface area (Å²) in [7, 11) is 1.69. The third-order valence-corrected chi connectivity index (χ3v) is 2.23. The van der Waals surface area contributed by atoms with Crippen LogP contribution in [0.2, 0.25) is 0 Å². The van der Waals surface area contributed by atoms with E-state index in [1.54, 1.807) is 7.11 Å². The molecule has 12 heavy (non-hydrogen) atoms. The van der Waals surface area contributed by atoms with E-state index in [4.69, 9.17) is 4.74 Å². The van der Waals surface area contributed by atoms with E-state index >= 15 is 0 Å². The summed E-state index contributed by atoms with van der Waals surface area (Å²) in [6, 6.07) is 0. The van der Waals surface area contributed by atoms with Crippen molar-refractivity contribution in [3.63, 3.8) is 0 Å². The Labute approximate surface area is 76.1 Å². The van der Waals surface area contributed by atoms with Gasteiger partial charge in [-0.1, -0.05) is 0 Å². The number of hydrogen-bond acceptors (Lipinski definition) is 5. The first-order valence-electron chi connectivity index (χ1n) is 3.79. The number of aromatic nitrogens is 2. The normalized spacial score (nSPS) is 12.9. The van der Waals surface area contributed by atoms with Gasteiger partial charge < -0.3 is 10.1 Å². The molecule has 1 aromatic rings. The summed E-state index contributed by atoms with van der Waals surface area (Å²) in [6.45, 7) is 4.65. The Kier molecular flexibility index (Phi) is 3.43. The van der Waals surface area contributed by atoms with Crippen molar-refractivity contribution in [1.29, 1.82) is 0 Å². The SMILES string of the molecule is COC(C)CNc1nc(C)ns1. The van der Waals surface area contributed by atoms with Gasteiger partial charge >= 0.3 is 0 Å². The van der Waals surface area contributed by atoms with E-state index < -0.39 is 0 Å². The minimum Gasteiger partial charge on any atom is -0.380 e. The second-order valence-corrected chi connectivity index (χ2v) is 3.33. The van der Waals surface area contributed by atoms with Gasteiger partial charge in [-0.2, -0.15) is 4.37 Å². The molecule has 68 valence electrons. The van der Waals surface area contributed by atoms with Gasteiger partial charge in [-0.05, 0) is 13.8 Å². The van der Waals surface area contributed by atoms with Gasteiger partial charge in [-0.3, -0.25) is 0 Å². The fourth-order valence-electron chi connectivity index (χ4n) is 0.683. The molecule has 0 spiro atoms. The maximum Gasteiger partial charge on any atom is 0.202 e. The molecular weight excluding hydrogens is 174 g/mol. The quantitative estimate of drug-likeness (QED) is 0.771. The Morgan fingerprint density at radius 3 is 2.92 bits per heavy atom. The molecule has 0 saturated carbocycles. The van der Waals surface area contributed by atoms with Crippen molar-refractivity contribution in [2.75, 3.05) is 19.0 Å². The molecule has 1 aromatic heterocycles. The Balaban J connectivity index is 2.33. The molecule has 1 rings (SSSR count). The van der Waals surface area contributed by atoms with Crippen LogP contribution in [-0.2, 0) is 4.74 Å². The van der Waals surface area contributed by atoms with Crippen molar-refractivity contribution in [2.24, 2.45) is 0 Å². The molecule has 1 atom stereocenters. The van der Waals surface area contributed by atoms with E-state index in [1.165, 1.54) is 11.5 Å². The molecule has 0 aliphatic heterocycles. The van der Waals surface area contributed by atoms with E-state index in [9.17, 15) is 0 Å². The van der Waals surface area contributed by atoms with E-state index in [1.807, 2.05) is 13.8 Å². The van der Waals surface area contributed by atoms with Gasteiger partial charge in [0.15, 0.2) is 0 Å². The molecule has 1 unspecified atom stereocenters. The zero-order chi connectivity index (χ0) is 8.97. The number of aryl methyl sites for hydroxylation is 1. The lowest BCUT2D eigenvalue weighted by Gasteiger charge is -2.08. The topological polar surface area (TPSA) is 47.0 Å². The zero-order valence-electron chi connectivity index (χ0n) is 7.50. The average Bonchev–Trinajstić information content (AvgIpc) is 2.47. The smallest absolute Gasteiger partial charge is 0.202 e. The molecular formula is C7H13N3OS. The summed E-state index contributed by atoms with van der Waals surface area (Å²) < 4.78 is 9.12. The highest BCUT2D eigenvalue weighted by Gasteiger charge is 2.01. The molecule has 0 aromatic carbocycles. The molecule has 1 N–H and O–H groups in total. The second-order valence-electron chi connectivity index (χ2n) is 2.57. The fraction of sp³-hybridized carbons (Fsp3) is 0.714. The molecule has 5 heteroatoms. The van der Waals surface area contributed by atoms with Crippen LogP contribution in [-0.4, -0.2) is 29.1 Å². The summed E-state index contributed by atoms with van der Waals surface area (Å²) in [5, 5.41) is 3.99. The number of methoxy groups -OCH3 is 1. The molecule has 0 saturated heterocycles. The molecule has 0 aliphatic rings. The second kappa shape index (κ2) is 4.37. The Morgan fingerprint density at radius 1 is 1.67 bits per heavy atom. The average molecular weight is 187 g/mol. The number of hydrogen-bond donors (Lipinski definition) is 1.